The third-order valence-corrected chi connectivity index (χ3v) is 2.42. The van der Waals surface area contributed by atoms with Gasteiger partial charge in [-0.05, 0) is 12.1 Å². The summed E-state index contributed by atoms with van der Waals surface area (Å²) < 4.78 is 47.0. The molecule has 2 aromatic rings. The molecule has 0 radical (unpaired) electrons. The van der Waals surface area contributed by atoms with Crippen molar-refractivity contribution in [1.82, 2.24) is 4.98 Å². The number of alkyl halides is 3. The van der Waals surface area contributed by atoms with Crippen LogP contribution in [0.2, 0.25) is 0 Å². The zero-order chi connectivity index (χ0) is 14.2. The van der Waals surface area contributed by atoms with Crippen molar-refractivity contribution in [2.75, 3.05) is 7.11 Å². The Hall–Kier alpha value is -2.38. The molecular weight excluding hydrogens is 267 g/mol. The molecule has 0 amide bonds. The quantitative estimate of drug-likeness (QED) is 0.785. The van der Waals surface area contributed by atoms with Crippen molar-refractivity contribution in [1.29, 1.82) is 0 Å². The highest BCUT2D eigenvalue weighted by atomic mass is 19.4. The SMILES string of the molecule is COC(=O)Oc1[nH]c2cccc(C(F)(F)F)c2c1O. The number of fused-ring (bicyclic) bond motifs is 1. The molecule has 8 heteroatoms. The number of aromatic hydroxyl groups is 1. The molecule has 19 heavy (non-hydrogen) atoms. The monoisotopic (exact) mass is 275 g/mol. The van der Waals surface area contributed by atoms with Crippen molar-refractivity contribution < 1.29 is 32.5 Å². The maximum absolute atomic E-state index is 12.8. The average molecular weight is 275 g/mol. The Morgan fingerprint density at radius 3 is 2.63 bits per heavy atom. The van der Waals surface area contributed by atoms with E-state index in [1.807, 2.05) is 0 Å². The van der Waals surface area contributed by atoms with Gasteiger partial charge in [-0.2, -0.15) is 13.2 Å². The second kappa shape index (κ2) is 4.38. The minimum atomic E-state index is -4.64. The third-order valence-electron chi connectivity index (χ3n) is 2.42. The number of nitrogens with one attached hydrogen (secondary N) is 1. The highest BCUT2D eigenvalue weighted by Gasteiger charge is 2.35. The zero-order valence-corrected chi connectivity index (χ0v) is 9.54. The first-order valence-electron chi connectivity index (χ1n) is 5.01. The molecule has 0 fully saturated rings. The molecule has 0 aliphatic carbocycles. The Balaban J connectivity index is 2.61. The van der Waals surface area contributed by atoms with Crippen LogP contribution in [-0.4, -0.2) is 23.4 Å². The van der Waals surface area contributed by atoms with Gasteiger partial charge in [0.05, 0.1) is 23.6 Å². The van der Waals surface area contributed by atoms with Gasteiger partial charge in [0.2, 0.25) is 5.88 Å². The number of carbonyl (C=O) groups excluding carboxylic acids is 1. The van der Waals surface area contributed by atoms with E-state index in [9.17, 15) is 23.1 Å². The van der Waals surface area contributed by atoms with Crippen LogP contribution < -0.4 is 4.74 Å². The van der Waals surface area contributed by atoms with Crippen molar-refractivity contribution in [2.45, 2.75) is 6.18 Å². The number of benzene rings is 1. The van der Waals surface area contributed by atoms with Crippen molar-refractivity contribution in [3.05, 3.63) is 23.8 Å². The first-order valence-corrected chi connectivity index (χ1v) is 5.01. The summed E-state index contributed by atoms with van der Waals surface area (Å²) in [7, 11) is 1.03. The van der Waals surface area contributed by atoms with E-state index in [4.69, 9.17) is 0 Å². The number of halogens is 3. The Morgan fingerprint density at radius 1 is 1.37 bits per heavy atom. The summed E-state index contributed by atoms with van der Waals surface area (Å²) in [5.41, 5.74) is -1.04. The number of hydrogen-bond donors (Lipinski definition) is 2. The van der Waals surface area contributed by atoms with Gasteiger partial charge in [-0.3, -0.25) is 0 Å². The van der Waals surface area contributed by atoms with Gasteiger partial charge in [0.25, 0.3) is 0 Å². The van der Waals surface area contributed by atoms with Crippen molar-refractivity contribution >= 4 is 17.1 Å². The van der Waals surface area contributed by atoms with Crippen LogP contribution in [-0.2, 0) is 10.9 Å². The summed E-state index contributed by atoms with van der Waals surface area (Å²) in [5.74, 6) is -1.30. The molecule has 102 valence electrons. The van der Waals surface area contributed by atoms with Crippen LogP contribution in [0, 0.1) is 0 Å². The van der Waals surface area contributed by atoms with E-state index in [0.29, 0.717) is 0 Å². The Labute approximate surface area is 104 Å². The average Bonchev–Trinajstić information content (AvgIpc) is 2.65. The van der Waals surface area contributed by atoms with Gasteiger partial charge in [-0.25, -0.2) is 4.79 Å². The smallest absolute Gasteiger partial charge is 0.503 e. The molecule has 0 atom stereocenters. The fourth-order valence-electron chi connectivity index (χ4n) is 1.64. The minimum Gasteiger partial charge on any atom is -0.503 e. The van der Waals surface area contributed by atoms with E-state index >= 15 is 0 Å². The fourth-order valence-corrected chi connectivity index (χ4v) is 1.64. The van der Waals surface area contributed by atoms with Gasteiger partial charge in [-0.1, -0.05) is 6.07 Å². The topological polar surface area (TPSA) is 71.5 Å². The first kappa shape index (κ1) is 13.1. The summed E-state index contributed by atoms with van der Waals surface area (Å²) in [5, 5.41) is 9.25. The molecule has 2 N–H and O–H groups in total. The van der Waals surface area contributed by atoms with Crippen molar-refractivity contribution in [3.63, 3.8) is 0 Å². The van der Waals surface area contributed by atoms with Gasteiger partial charge in [0, 0.05) is 0 Å². The lowest BCUT2D eigenvalue weighted by atomic mass is 10.1. The lowest BCUT2D eigenvalue weighted by molar-refractivity contribution is -0.136. The van der Waals surface area contributed by atoms with Crippen LogP contribution in [0.15, 0.2) is 18.2 Å². The number of carbonyl (C=O) groups is 1. The van der Waals surface area contributed by atoms with Crippen LogP contribution in [0.5, 0.6) is 11.6 Å². The predicted molar refractivity (Wildman–Crippen MR) is 58.0 cm³/mol. The number of aromatic amines is 1. The molecule has 0 bridgehead atoms. The number of rotatable bonds is 1. The Morgan fingerprint density at radius 2 is 2.05 bits per heavy atom. The summed E-state index contributed by atoms with van der Waals surface area (Å²) in [4.78, 5) is 13.3. The lowest BCUT2D eigenvalue weighted by Crippen LogP contribution is -2.07. The summed E-state index contributed by atoms with van der Waals surface area (Å²) in [6.07, 6.45) is -5.79. The molecule has 1 aromatic carbocycles. The summed E-state index contributed by atoms with van der Waals surface area (Å²) in [6.45, 7) is 0. The van der Waals surface area contributed by atoms with E-state index in [0.717, 1.165) is 13.2 Å². The van der Waals surface area contributed by atoms with Crippen molar-refractivity contribution in [2.24, 2.45) is 0 Å². The molecule has 2 rings (SSSR count). The number of methoxy groups -OCH3 is 1. The molecule has 0 aliphatic heterocycles. The molecule has 0 saturated heterocycles. The van der Waals surface area contributed by atoms with Gasteiger partial charge in [0.1, 0.15) is 0 Å². The third kappa shape index (κ3) is 2.28. The van der Waals surface area contributed by atoms with Crippen LogP contribution in [0.4, 0.5) is 18.0 Å². The van der Waals surface area contributed by atoms with E-state index in [-0.39, 0.29) is 5.52 Å². The molecule has 0 saturated carbocycles. The van der Waals surface area contributed by atoms with E-state index in [2.05, 4.69) is 14.5 Å². The Bertz CT molecular complexity index is 633. The highest BCUT2D eigenvalue weighted by molar-refractivity contribution is 5.92. The van der Waals surface area contributed by atoms with Crippen LogP contribution in [0.1, 0.15) is 5.56 Å². The molecule has 1 heterocycles. The van der Waals surface area contributed by atoms with Crippen LogP contribution in [0.3, 0.4) is 0 Å². The second-order valence-electron chi connectivity index (χ2n) is 3.58. The normalized spacial score (nSPS) is 11.6. The molecule has 0 spiro atoms. The first-order chi connectivity index (χ1) is 8.84. The fraction of sp³-hybridized carbons (Fsp3) is 0.182. The zero-order valence-electron chi connectivity index (χ0n) is 9.54. The number of H-pyrrole nitrogens is 1. The predicted octanol–water partition coefficient (Wildman–Crippen LogP) is 3.04. The molecule has 0 unspecified atom stereocenters. The van der Waals surface area contributed by atoms with E-state index < -0.39 is 34.9 Å². The molecular formula is C11H8F3NO4. The lowest BCUT2D eigenvalue weighted by Gasteiger charge is -2.07. The number of aromatic nitrogens is 1. The van der Waals surface area contributed by atoms with Crippen molar-refractivity contribution in [3.8, 4) is 11.6 Å². The highest BCUT2D eigenvalue weighted by Crippen LogP contribution is 2.42. The number of hydrogen-bond acceptors (Lipinski definition) is 4. The van der Waals surface area contributed by atoms with Crippen LogP contribution in [0.25, 0.3) is 10.9 Å². The maximum atomic E-state index is 12.8. The van der Waals surface area contributed by atoms with Gasteiger partial charge < -0.3 is 19.6 Å². The molecule has 0 aliphatic rings. The van der Waals surface area contributed by atoms with E-state index in [1.165, 1.54) is 12.1 Å². The molecule has 5 nitrogen and oxygen atoms in total. The second-order valence-corrected chi connectivity index (χ2v) is 3.58. The van der Waals surface area contributed by atoms with Gasteiger partial charge in [-0.15, -0.1) is 0 Å². The van der Waals surface area contributed by atoms with Gasteiger partial charge >= 0.3 is 12.3 Å². The van der Waals surface area contributed by atoms with E-state index in [1.54, 1.807) is 0 Å². The van der Waals surface area contributed by atoms with Crippen LogP contribution >= 0.6 is 0 Å². The van der Waals surface area contributed by atoms with Gasteiger partial charge in [0.15, 0.2) is 5.75 Å². The summed E-state index contributed by atoms with van der Waals surface area (Å²) >= 11 is 0. The summed E-state index contributed by atoms with van der Waals surface area (Å²) in [6, 6.07) is 3.30. The largest absolute Gasteiger partial charge is 0.514 e. The molecule has 1 aromatic heterocycles. The standard InChI is InChI=1S/C11H8F3NO4/c1-18-10(17)19-9-8(16)7-5(11(12,13)14)3-2-4-6(7)15-9/h2-4,15-16H,1H3. The number of ether oxygens (including phenoxy) is 2. The minimum absolute atomic E-state index is 0.00812. The maximum Gasteiger partial charge on any atom is 0.514 e. The Kier molecular flexibility index (Phi) is 3.01.